The molecule has 0 fully saturated rings. The third-order valence-corrected chi connectivity index (χ3v) is 2.54. The second-order valence-electron chi connectivity index (χ2n) is 3.85. The highest BCUT2D eigenvalue weighted by atomic mass is 35.5. The molecule has 1 aromatic carbocycles. The molecular formula is C12H12ClFN2O4. The number of amides is 3. The number of hydrogen-bond acceptors (Lipinski definition) is 3. The molecule has 108 valence electrons. The van der Waals surface area contributed by atoms with Gasteiger partial charge >= 0.3 is 12.0 Å². The van der Waals surface area contributed by atoms with Crippen molar-refractivity contribution < 1.29 is 23.9 Å². The fourth-order valence-corrected chi connectivity index (χ4v) is 1.52. The van der Waals surface area contributed by atoms with Gasteiger partial charge < -0.3 is 10.4 Å². The van der Waals surface area contributed by atoms with Gasteiger partial charge in [0.15, 0.2) is 5.82 Å². The van der Waals surface area contributed by atoms with Crippen LogP contribution in [0.5, 0.6) is 0 Å². The van der Waals surface area contributed by atoms with E-state index >= 15 is 0 Å². The number of anilines is 1. The Hall–Kier alpha value is -2.15. The van der Waals surface area contributed by atoms with Gasteiger partial charge in [-0.25, -0.2) is 9.18 Å². The minimum atomic E-state index is -1.02. The summed E-state index contributed by atoms with van der Waals surface area (Å²) >= 11 is 5.53. The van der Waals surface area contributed by atoms with E-state index in [0.717, 1.165) is 0 Å². The van der Waals surface area contributed by atoms with Gasteiger partial charge in [0.1, 0.15) is 0 Å². The predicted octanol–water partition coefficient (Wildman–Crippen LogP) is 2.38. The van der Waals surface area contributed by atoms with Crippen molar-refractivity contribution in [2.24, 2.45) is 0 Å². The highest BCUT2D eigenvalue weighted by Gasteiger charge is 2.12. The predicted molar refractivity (Wildman–Crippen MR) is 70.1 cm³/mol. The topological polar surface area (TPSA) is 95.5 Å². The number of aliphatic carboxylic acids is 1. The molecule has 0 bridgehead atoms. The van der Waals surface area contributed by atoms with Crippen LogP contribution in [0.25, 0.3) is 0 Å². The lowest BCUT2D eigenvalue weighted by molar-refractivity contribution is -0.137. The summed E-state index contributed by atoms with van der Waals surface area (Å²) in [7, 11) is 0. The Morgan fingerprint density at radius 2 is 1.95 bits per heavy atom. The number of carboxylic acids is 1. The van der Waals surface area contributed by atoms with E-state index in [1.807, 2.05) is 5.32 Å². The quantitative estimate of drug-likeness (QED) is 0.778. The van der Waals surface area contributed by atoms with Crippen LogP contribution in [0.1, 0.15) is 19.3 Å². The van der Waals surface area contributed by atoms with Crippen LogP contribution >= 0.6 is 11.6 Å². The fraction of sp³-hybridized carbons (Fsp3) is 0.250. The highest BCUT2D eigenvalue weighted by molar-refractivity contribution is 6.31. The van der Waals surface area contributed by atoms with Crippen molar-refractivity contribution >= 4 is 35.2 Å². The molecule has 0 spiro atoms. The molecule has 0 radical (unpaired) electrons. The highest BCUT2D eigenvalue weighted by Crippen LogP contribution is 2.21. The zero-order valence-electron chi connectivity index (χ0n) is 10.3. The molecule has 0 saturated carbocycles. The molecule has 0 aliphatic carbocycles. The van der Waals surface area contributed by atoms with Gasteiger partial charge in [0, 0.05) is 12.8 Å². The molecule has 1 aromatic rings. The van der Waals surface area contributed by atoms with Crippen LogP contribution in [0.2, 0.25) is 5.02 Å². The van der Waals surface area contributed by atoms with Crippen LogP contribution < -0.4 is 10.6 Å². The lowest BCUT2D eigenvalue weighted by atomic mass is 10.2. The summed E-state index contributed by atoms with van der Waals surface area (Å²) in [5.41, 5.74) is -0.159. The van der Waals surface area contributed by atoms with Gasteiger partial charge in [-0.15, -0.1) is 0 Å². The van der Waals surface area contributed by atoms with Gasteiger partial charge in [0.2, 0.25) is 5.91 Å². The Balaban J connectivity index is 2.45. The van der Waals surface area contributed by atoms with Crippen molar-refractivity contribution in [3.05, 3.63) is 29.0 Å². The van der Waals surface area contributed by atoms with Crippen LogP contribution in [-0.2, 0) is 9.59 Å². The average molecular weight is 303 g/mol. The van der Waals surface area contributed by atoms with E-state index in [4.69, 9.17) is 16.7 Å². The number of urea groups is 1. The van der Waals surface area contributed by atoms with Gasteiger partial charge in [0.05, 0.1) is 10.7 Å². The standard InChI is InChI=1S/C12H12ClFN2O4/c13-7-3-1-4-8(11(7)14)15-12(20)16-9(17)5-2-6-10(18)19/h1,3-4H,2,5-6H2,(H,18,19)(H2,15,16,17,20). The molecule has 3 N–H and O–H groups in total. The third kappa shape index (κ3) is 5.23. The molecule has 3 amide bonds. The van der Waals surface area contributed by atoms with Gasteiger partial charge in [-0.2, -0.15) is 0 Å². The van der Waals surface area contributed by atoms with Crippen LogP contribution in [0.15, 0.2) is 18.2 Å². The van der Waals surface area contributed by atoms with Gasteiger partial charge in [-0.05, 0) is 18.6 Å². The average Bonchev–Trinajstić information content (AvgIpc) is 2.34. The smallest absolute Gasteiger partial charge is 0.325 e. The van der Waals surface area contributed by atoms with Crippen LogP contribution in [0, 0.1) is 5.82 Å². The summed E-state index contributed by atoms with van der Waals surface area (Å²) in [6, 6.07) is 3.13. The maximum atomic E-state index is 13.5. The van der Waals surface area contributed by atoms with E-state index < -0.39 is 23.7 Å². The Labute approximate surface area is 118 Å². The number of imide groups is 1. The molecule has 20 heavy (non-hydrogen) atoms. The van der Waals surface area contributed by atoms with Crippen LogP contribution in [0.4, 0.5) is 14.9 Å². The van der Waals surface area contributed by atoms with Gasteiger partial charge in [0.25, 0.3) is 0 Å². The number of nitrogens with one attached hydrogen (secondary N) is 2. The number of benzene rings is 1. The first-order chi connectivity index (χ1) is 9.40. The van der Waals surface area contributed by atoms with Crippen LogP contribution in [-0.4, -0.2) is 23.0 Å². The van der Waals surface area contributed by atoms with Crippen molar-refractivity contribution in [2.45, 2.75) is 19.3 Å². The molecule has 0 heterocycles. The SMILES string of the molecule is O=C(O)CCCC(=O)NC(=O)Nc1cccc(Cl)c1F. The molecule has 0 aliphatic heterocycles. The first-order valence-corrected chi connectivity index (χ1v) is 6.04. The number of hydrogen-bond donors (Lipinski definition) is 3. The summed E-state index contributed by atoms with van der Waals surface area (Å²) < 4.78 is 13.5. The number of rotatable bonds is 5. The minimum absolute atomic E-state index is 0.111. The number of carboxylic acid groups (broad SMARTS) is 1. The normalized spacial score (nSPS) is 9.90. The molecule has 0 saturated heterocycles. The summed E-state index contributed by atoms with van der Waals surface area (Å²) in [6.45, 7) is 0. The van der Waals surface area contributed by atoms with E-state index in [1.165, 1.54) is 18.2 Å². The molecule has 0 aliphatic rings. The maximum Gasteiger partial charge on any atom is 0.325 e. The Morgan fingerprint density at radius 1 is 1.25 bits per heavy atom. The maximum absolute atomic E-state index is 13.5. The number of carbonyl (C=O) groups excluding carboxylic acids is 2. The van der Waals surface area contributed by atoms with E-state index in [9.17, 15) is 18.8 Å². The van der Waals surface area contributed by atoms with Crippen molar-refractivity contribution in [1.29, 1.82) is 0 Å². The molecule has 1 rings (SSSR count). The fourth-order valence-electron chi connectivity index (χ4n) is 1.34. The first-order valence-electron chi connectivity index (χ1n) is 5.67. The number of carbonyl (C=O) groups is 3. The summed E-state index contributed by atoms with van der Waals surface area (Å²) in [5.74, 6) is -2.47. The molecule has 0 unspecified atom stereocenters. The molecular weight excluding hydrogens is 291 g/mol. The Bertz CT molecular complexity index is 536. The van der Waals surface area contributed by atoms with Crippen molar-refractivity contribution in [3.8, 4) is 0 Å². The Kier molecular flexibility index (Phi) is 5.92. The van der Waals surface area contributed by atoms with Gasteiger partial charge in [-0.1, -0.05) is 17.7 Å². The molecule has 0 aromatic heterocycles. The minimum Gasteiger partial charge on any atom is -0.481 e. The lowest BCUT2D eigenvalue weighted by Gasteiger charge is -2.08. The second-order valence-corrected chi connectivity index (χ2v) is 4.26. The second kappa shape index (κ2) is 7.44. The van der Waals surface area contributed by atoms with Crippen molar-refractivity contribution in [1.82, 2.24) is 5.32 Å². The number of halogens is 2. The van der Waals surface area contributed by atoms with Crippen molar-refractivity contribution in [2.75, 3.05) is 5.32 Å². The summed E-state index contributed by atoms with van der Waals surface area (Å²) in [4.78, 5) is 33.0. The zero-order valence-corrected chi connectivity index (χ0v) is 11.0. The molecule has 6 nitrogen and oxygen atoms in total. The summed E-state index contributed by atoms with van der Waals surface area (Å²) in [6.07, 6.45) is -0.171. The monoisotopic (exact) mass is 302 g/mol. The Morgan fingerprint density at radius 3 is 2.60 bits per heavy atom. The van der Waals surface area contributed by atoms with E-state index in [0.29, 0.717) is 0 Å². The van der Waals surface area contributed by atoms with E-state index in [2.05, 4.69) is 5.32 Å². The molecule has 8 heteroatoms. The van der Waals surface area contributed by atoms with Crippen molar-refractivity contribution in [3.63, 3.8) is 0 Å². The van der Waals surface area contributed by atoms with Gasteiger partial charge in [-0.3, -0.25) is 14.9 Å². The largest absolute Gasteiger partial charge is 0.481 e. The lowest BCUT2D eigenvalue weighted by Crippen LogP contribution is -2.34. The van der Waals surface area contributed by atoms with Crippen LogP contribution in [0.3, 0.4) is 0 Å². The first kappa shape index (κ1) is 15.9. The van der Waals surface area contributed by atoms with E-state index in [-0.39, 0.29) is 30.0 Å². The third-order valence-electron chi connectivity index (χ3n) is 2.25. The van der Waals surface area contributed by atoms with E-state index in [1.54, 1.807) is 0 Å². The zero-order chi connectivity index (χ0) is 15.1. The summed E-state index contributed by atoms with van der Waals surface area (Å²) in [5, 5.41) is 12.3. The molecule has 0 atom stereocenters.